The van der Waals surface area contributed by atoms with Crippen LogP contribution in [-0.2, 0) is 6.42 Å². The molecule has 1 heterocycles. The lowest BCUT2D eigenvalue weighted by Gasteiger charge is -2.14. The molecule has 0 amide bonds. The van der Waals surface area contributed by atoms with Crippen LogP contribution >= 0.6 is 0 Å². The van der Waals surface area contributed by atoms with E-state index in [0.29, 0.717) is 0 Å². The second kappa shape index (κ2) is 2.26. The normalized spacial score (nSPS) is 16.6. The first kappa shape index (κ1) is 6.71. The monoisotopic (exact) mass is 147 g/mol. The minimum Gasteiger partial charge on any atom is -0.364 e. The molecule has 0 atom stereocenters. The van der Waals surface area contributed by atoms with Crippen LogP contribution in [0.25, 0.3) is 5.57 Å². The van der Waals surface area contributed by atoms with Crippen LogP contribution in [0.5, 0.6) is 0 Å². The molecule has 1 heteroatoms. The highest BCUT2D eigenvalue weighted by molar-refractivity contribution is 5.69. The first-order valence-electron chi connectivity index (χ1n) is 4.14. The molecule has 1 aliphatic rings. The Morgan fingerprint density at radius 3 is 3.00 bits per heavy atom. The van der Waals surface area contributed by atoms with Crippen molar-refractivity contribution in [1.29, 1.82) is 0 Å². The van der Waals surface area contributed by atoms with Crippen LogP contribution in [0.3, 0.4) is 0 Å². The summed E-state index contributed by atoms with van der Waals surface area (Å²) in [4.78, 5) is 3.30. The van der Waals surface area contributed by atoms with E-state index in [1.807, 2.05) is 0 Å². The number of hydrogen-bond donors (Lipinski definition) is 1. The lowest BCUT2D eigenvalue weighted by Crippen LogP contribution is -1.99. The third-order valence-corrected chi connectivity index (χ3v) is 2.42. The summed E-state index contributed by atoms with van der Waals surface area (Å²) in [5.41, 5.74) is 5.45. The van der Waals surface area contributed by atoms with E-state index in [9.17, 15) is 0 Å². The second-order valence-electron chi connectivity index (χ2n) is 3.28. The number of rotatable bonds is 0. The van der Waals surface area contributed by atoms with Gasteiger partial charge in [-0.15, -0.1) is 0 Å². The molecule has 0 aromatic carbocycles. The van der Waals surface area contributed by atoms with Gasteiger partial charge in [0.1, 0.15) is 0 Å². The molecule has 1 N–H and O–H groups in total. The molecule has 0 unspecified atom stereocenters. The van der Waals surface area contributed by atoms with Crippen molar-refractivity contribution in [3.8, 4) is 0 Å². The average molecular weight is 147 g/mol. The fraction of sp³-hybridized carbons (Fsp3) is 0.400. The van der Waals surface area contributed by atoms with Crippen LogP contribution in [0, 0.1) is 6.92 Å². The summed E-state index contributed by atoms with van der Waals surface area (Å²) in [7, 11) is 0. The Balaban J connectivity index is 2.56. The molecule has 1 aliphatic carbocycles. The van der Waals surface area contributed by atoms with Crippen LogP contribution in [0.15, 0.2) is 12.8 Å². The number of nitrogens with one attached hydrogen (secondary N) is 1. The van der Waals surface area contributed by atoms with Crippen LogP contribution in [0.1, 0.15) is 29.7 Å². The van der Waals surface area contributed by atoms with Crippen LogP contribution in [-0.4, -0.2) is 4.98 Å². The van der Waals surface area contributed by atoms with Gasteiger partial charge in [0.15, 0.2) is 0 Å². The largest absolute Gasteiger partial charge is 0.364 e. The van der Waals surface area contributed by atoms with Crippen molar-refractivity contribution in [2.75, 3.05) is 0 Å². The van der Waals surface area contributed by atoms with E-state index in [0.717, 1.165) is 0 Å². The quantitative estimate of drug-likeness (QED) is 0.580. The highest BCUT2D eigenvalue weighted by Crippen LogP contribution is 2.30. The number of allylic oxidation sites excluding steroid dienone is 1. The molecule has 0 bridgehead atoms. The topological polar surface area (TPSA) is 15.8 Å². The Morgan fingerprint density at radius 1 is 1.45 bits per heavy atom. The van der Waals surface area contributed by atoms with Crippen molar-refractivity contribution in [1.82, 2.24) is 4.98 Å². The lowest BCUT2D eigenvalue weighted by atomic mass is 9.91. The number of fused-ring (bicyclic) bond motifs is 1. The Morgan fingerprint density at radius 2 is 2.27 bits per heavy atom. The summed E-state index contributed by atoms with van der Waals surface area (Å²) in [5.74, 6) is 0. The summed E-state index contributed by atoms with van der Waals surface area (Å²) < 4.78 is 0. The molecule has 1 nitrogen and oxygen atoms in total. The first-order valence-corrected chi connectivity index (χ1v) is 4.14. The SMILES string of the molecule is C=C1CCCc2[nH]cc(C)c21. The van der Waals surface area contributed by atoms with Gasteiger partial charge in [-0.2, -0.15) is 0 Å². The van der Waals surface area contributed by atoms with E-state index < -0.39 is 0 Å². The first-order chi connectivity index (χ1) is 5.29. The summed E-state index contributed by atoms with van der Waals surface area (Å²) in [6, 6.07) is 0. The van der Waals surface area contributed by atoms with Gasteiger partial charge in [-0.3, -0.25) is 0 Å². The third kappa shape index (κ3) is 0.917. The van der Waals surface area contributed by atoms with E-state index in [-0.39, 0.29) is 0 Å². The van der Waals surface area contributed by atoms with Gasteiger partial charge in [0.25, 0.3) is 0 Å². The van der Waals surface area contributed by atoms with Crippen molar-refractivity contribution in [2.45, 2.75) is 26.2 Å². The van der Waals surface area contributed by atoms with E-state index in [2.05, 4.69) is 24.7 Å². The number of aromatic amines is 1. The van der Waals surface area contributed by atoms with Gasteiger partial charge in [0.2, 0.25) is 0 Å². The lowest BCUT2D eigenvalue weighted by molar-refractivity contribution is 0.804. The molecule has 0 spiro atoms. The van der Waals surface area contributed by atoms with E-state index in [4.69, 9.17) is 0 Å². The highest BCUT2D eigenvalue weighted by atomic mass is 14.7. The highest BCUT2D eigenvalue weighted by Gasteiger charge is 2.15. The third-order valence-electron chi connectivity index (χ3n) is 2.42. The molecule has 11 heavy (non-hydrogen) atoms. The van der Waals surface area contributed by atoms with Gasteiger partial charge in [0, 0.05) is 17.5 Å². The summed E-state index contributed by atoms with van der Waals surface area (Å²) in [6.45, 7) is 6.21. The average Bonchev–Trinajstić information content (AvgIpc) is 2.34. The zero-order chi connectivity index (χ0) is 7.84. The van der Waals surface area contributed by atoms with Gasteiger partial charge < -0.3 is 4.98 Å². The van der Waals surface area contributed by atoms with Crippen LogP contribution in [0.2, 0.25) is 0 Å². The van der Waals surface area contributed by atoms with Crippen molar-refractivity contribution >= 4 is 5.57 Å². The Hall–Kier alpha value is -0.980. The molecule has 58 valence electrons. The molecule has 1 aromatic heterocycles. The molecular formula is C10H13N. The molecule has 0 saturated carbocycles. The molecule has 0 fully saturated rings. The van der Waals surface area contributed by atoms with Crippen molar-refractivity contribution in [3.05, 3.63) is 29.6 Å². The molecule has 0 aliphatic heterocycles. The number of H-pyrrole nitrogens is 1. The minimum absolute atomic E-state index is 1.17. The number of aryl methyl sites for hydroxylation is 2. The van der Waals surface area contributed by atoms with Crippen LogP contribution < -0.4 is 0 Å². The molecule has 1 aromatic rings. The standard InChI is InChI=1S/C10H13N/c1-7-4-3-5-9-10(7)8(2)6-11-9/h6,11H,1,3-5H2,2H3. The van der Waals surface area contributed by atoms with Gasteiger partial charge >= 0.3 is 0 Å². The van der Waals surface area contributed by atoms with Crippen molar-refractivity contribution in [2.24, 2.45) is 0 Å². The Bertz CT molecular complexity index is 294. The van der Waals surface area contributed by atoms with Crippen LogP contribution in [0.4, 0.5) is 0 Å². The second-order valence-corrected chi connectivity index (χ2v) is 3.28. The fourth-order valence-corrected chi connectivity index (χ4v) is 1.87. The summed E-state index contributed by atoms with van der Waals surface area (Å²) in [5, 5.41) is 0. The number of hydrogen-bond acceptors (Lipinski definition) is 0. The Labute approximate surface area is 67.1 Å². The molecule has 0 radical (unpaired) electrons. The smallest absolute Gasteiger partial charge is 0.0226 e. The maximum atomic E-state index is 4.07. The van der Waals surface area contributed by atoms with Gasteiger partial charge in [-0.25, -0.2) is 0 Å². The van der Waals surface area contributed by atoms with E-state index >= 15 is 0 Å². The summed E-state index contributed by atoms with van der Waals surface area (Å²) >= 11 is 0. The van der Waals surface area contributed by atoms with Crippen molar-refractivity contribution in [3.63, 3.8) is 0 Å². The molecule has 0 saturated heterocycles. The zero-order valence-electron chi connectivity index (χ0n) is 6.91. The molecular weight excluding hydrogens is 134 g/mol. The van der Waals surface area contributed by atoms with Gasteiger partial charge in [-0.1, -0.05) is 6.58 Å². The Kier molecular flexibility index (Phi) is 1.38. The fourth-order valence-electron chi connectivity index (χ4n) is 1.87. The predicted molar refractivity (Wildman–Crippen MR) is 47.5 cm³/mol. The summed E-state index contributed by atoms with van der Waals surface area (Å²) in [6.07, 6.45) is 5.71. The number of aromatic nitrogens is 1. The maximum absolute atomic E-state index is 4.07. The minimum atomic E-state index is 1.17. The zero-order valence-corrected chi connectivity index (χ0v) is 6.91. The van der Waals surface area contributed by atoms with E-state index in [1.165, 1.54) is 41.7 Å². The van der Waals surface area contributed by atoms with Gasteiger partial charge in [0.05, 0.1) is 0 Å². The van der Waals surface area contributed by atoms with E-state index in [1.54, 1.807) is 0 Å². The molecule has 2 rings (SSSR count). The van der Waals surface area contributed by atoms with Gasteiger partial charge in [-0.05, 0) is 37.3 Å². The van der Waals surface area contributed by atoms with Crippen molar-refractivity contribution < 1.29 is 0 Å². The maximum Gasteiger partial charge on any atom is 0.0226 e. The predicted octanol–water partition coefficient (Wildman–Crippen LogP) is 2.67.